The topological polar surface area (TPSA) is 186 Å². The predicted octanol–water partition coefficient (Wildman–Crippen LogP) is 12.2. The molecule has 0 aliphatic carbocycles. The second-order valence-corrected chi connectivity index (χ2v) is 19.7. The van der Waals surface area contributed by atoms with Gasteiger partial charge in [0.1, 0.15) is 36.8 Å². The van der Waals surface area contributed by atoms with E-state index in [1.54, 1.807) is 0 Å². The van der Waals surface area contributed by atoms with Crippen molar-refractivity contribution in [3.05, 3.63) is 72.9 Å². The fourth-order valence-corrected chi connectivity index (χ4v) is 8.39. The summed E-state index contributed by atoms with van der Waals surface area (Å²) in [5.74, 6) is -2.00. The molecule has 1 fully saturated rings. The Morgan fingerprint density at radius 3 is 1.38 bits per heavy atom. The van der Waals surface area contributed by atoms with Crippen LogP contribution in [0.3, 0.4) is 0 Å². The summed E-state index contributed by atoms with van der Waals surface area (Å²) in [5.41, 5.74) is 0. The van der Waals surface area contributed by atoms with Crippen LogP contribution in [0.2, 0.25) is 0 Å². The summed E-state index contributed by atoms with van der Waals surface area (Å²) in [6.07, 6.45) is 47.9. The van der Waals surface area contributed by atoms with Crippen molar-refractivity contribution in [1.29, 1.82) is 0 Å². The number of carbonyl (C=O) groups excluding carboxylic acids is 2. The molecule has 1 heterocycles. The van der Waals surface area contributed by atoms with Crippen molar-refractivity contribution in [3.8, 4) is 0 Å². The van der Waals surface area contributed by atoms with Crippen molar-refractivity contribution in [2.24, 2.45) is 0 Å². The third-order valence-electron chi connectivity index (χ3n) is 11.8. The van der Waals surface area contributed by atoms with Crippen LogP contribution >= 0.6 is 0 Å². The van der Waals surface area contributed by atoms with Crippen molar-refractivity contribution >= 4 is 22.1 Å². The third kappa shape index (κ3) is 37.9. The lowest BCUT2D eigenvalue weighted by atomic mass is 10.00. The summed E-state index contributed by atoms with van der Waals surface area (Å²) < 4.78 is 54.3. The van der Waals surface area contributed by atoms with E-state index in [1.807, 2.05) is 0 Å². The second kappa shape index (κ2) is 44.1. The lowest BCUT2D eigenvalue weighted by Crippen LogP contribution is -2.60. The van der Waals surface area contributed by atoms with Crippen LogP contribution < -0.4 is 0 Å². The van der Waals surface area contributed by atoms with Gasteiger partial charge in [0.2, 0.25) is 0 Å². The zero-order valence-corrected chi connectivity index (χ0v) is 43.0. The Kier molecular flexibility index (Phi) is 40.9. The molecular weight excluding hydrogens is 885 g/mol. The van der Waals surface area contributed by atoms with E-state index in [9.17, 15) is 37.9 Å². The van der Waals surface area contributed by atoms with Crippen LogP contribution in [0.1, 0.15) is 206 Å². The highest BCUT2D eigenvalue weighted by molar-refractivity contribution is 7.85. The van der Waals surface area contributed by atoms with Gasteiger partial charge in [-0.3, -0.25) is 14.1 Å². The minimum atomic E-state index is -4.61. The number of ether oxygens (including phenoxy) is 4. The molecule has 392 valence electrons. The average Bonchev–Trinajstić information content (AvgIpc) is 3.31. The lowest BCUT2D eigenvalue weighted by Gasteiger charge is -2.40. The number of allylic oxidation sites excluding steroid dienone is 12. The molecule has 0 saturated carbocycles. The molecule has 1 aliphatic heterocycles. The van der Waals surface area contributed by atoms with Crippen molar-refractivity contribution in [2.45, 2.75) is 243 Å². The summed E-state index contributed by atoms with van der Waals surface area (Å²) in [4.78, 5) is 25.6. The number of unbranched alkanes of at least 4 members (excludes halogenated alkanes) is 20. The normalized spacial score (nSPS) is 19.8. The number of carbonyl (C=O) groups is 2. The molecule has 0 amide bonds. The first-order valence-electron chi connectivity index (χ1n) is 26.5. The summed E-state index contributed by atoms with van der Waals surface area (Å²) in [6.45, 7) is 3.63. The number of aliphatic hydroxyl groups excluding tert-OH is 3. The van der Waals surface area contributed by atoms with Crippen molar-refractivity contribution in [2.75, 3.05) is 19.0 Å². The van der Waals surface area contributed by atoms with Crippen LogP contribution in [0, 0.1) is 0 Å². The Labute approximate surface area is 412 Å². The first-order valence-corrected chi connectivity index (χ1v) is 28.1. The van der Waals surface area contributed by atoms with E-state index in [2.05, 4.69) is 86.8 Å². The van der Waals surface area contributed by atoms with Gasteiger partial charge < -0.3 is 34.3 Å². The molecule has 1 aliphatic rings. The third-order valence-corrected chi connectivity index (χ3v) is 12.5. The van der Waals surface area contributed by atoms with E-state index in [4.69, 9.17) is 18.9 Å². The van der Waals surface area contributed by atoms with Gasteiger partial charge >= 0.3 is 11.9 Å². The van der Waals surface area contributed by atoms with Gasteiger partial charge in [-0.25, -0.2) is 0 Å². The second-order valence-electron chi connectivity index (χ2n) is 18.2. The fraction of sp³-hybridized carbons (Fsp3) is 0.745. The summed E-state index contributed by atoms with van der Waals surface area (Å²) in [7, 11) is -4.61. The smallest absolute Gasteiger partial charge is 0.306 e. The van der Waals surface area contributed by atoms with Crippen LogP contribution in [0.15, 0.2) is 72.9 Å². The van der Waals surface area contributed by atoms with Gasteiger partial charge in [-0.05, 0) is 83.5 Å². The standard InChI is InChI=1S/C55H94O12S/c1-3-5-7-9-11-13-15-17-19-21-22-23-24-25-26-28-30-32-34-36-38-40-42-44-51(57)66-48(46-65-55-54(60)53(59)52(58)49(67-55)47-68(61,62)63)45-64-50(56)43-41-39-37-35-33-31-29-27-20-18-16-14-12-10-8-6-4-2/h5,7,11-14,17-20,22-23,48-49,52-55,58-60H,3-4,6,8-10,15-16,21,24-47H2,1-2H3,(H,61,62,63)/b7-5-,13-11-,14-12-,19-17-,20-18-,23-22-. The Morgan fingerprint density at radius 1 is 0.515 bits per heavy atom. The minimum absolute atomic E-state index is 0.154. The number of hydrogen-bond donors (Lipinski definition) is 4. The summed E-state index contributed by atoms with van der Waals surface area (Å²) >= 11 is 0. The van der Waals surface area contributed by atoms with Crippen LogP contribution in [-0.4, -0.2) is 96.0 Å². The number of aliphatic hydroxyl groups is 3. The van der Waals surface area contributed by atoms with E-state index in [0.29, 0.717) is 12.8 Å². The Bertz CT molecular complexity index is 1520. The minimum Gasteiger partial charge on any atom is -0.462 e. The Hall–Kier alpha value is -2.91. The fourth-order valence-electron chi connectivity index (χ4n) is 7.70. The highest BCUT2D eigenvalue weighted by Crippen LogP contribution is 2.24. The van der Waals surface area contributed by atoms with E-state index in [0.717, 1.165) is 96.3 Å². The summed E-state index contributed by atoms with van der Waals surface area (Å²) in [5, 5.41) is 31.0. The van der Waals surface area contributed by atoms with Gasteiger partial charge in [0.25, 0.3) is 10.1 Å². The van der Waals surface area contributed by atoms with Gasteiger partial charge in [0, 0.05) is 12.8 Å². The van der Waals surface area contributed by atoms with E-state index < -0.39 is 71.2 Å². The molecule has 0 spiro atoms. The largest absolute Gasteiger partial charge is 0.462 e. The molecule has 6 atom stereocenters. The molecule has 0 bridgehead atoms. The van der Waals surface area contributed by atoms with Crippen LogP contribution in [0.25, 0.3) is 0 Å². The lowest BCUT2D eigenvalue weighted by molar-refractivity contribution is -0.297. The zero-order valence-electron chi connectivity index (χ0n) is 42.2. The Balaban J connectivity index is 2.36. The molecule has 0 aromatic heterocycles. The summed E-state index contributed by atoms with van der Waals surface area (Å²) in [6, 6.07) is 0. The molecule has 6 unspecified atom stereocenters. The number of esters is 2. The Morgan fingerprint density at radius 2 is 0.926 bits per heavy atom. The maximum Gasteiger partial charge on any atom is 0.306 e. The van der Waals surface area contributed by atoms with Gasteiger partial charge in [0.05, 0.1) is 6.61 Å². The highest BCUT2D eigenvalue weighted by Gasteiger charge is 2.46. The maximum absolute atomic E-state index is 12.9. The van der Waals surface area contributed by atoms with Gasteiger partial charge in [-0.1, -0.05) is 183 Å². The first kappa shape index (κ1) is 63.1. The number of hydrogen-bond acceptors (Lipinski definition) is 11. The number of rotatable bonds is 44. The van der Waals surface area contributed by atoms with Crippen molar-refractivity contribution in [3.63, 3.8) is 0 Å². The molecule has 12 nitrogen and oxygen atoms in total. The predicted molar refractivity (Wildman–Crippen MR) is 275 cm³/mol. The molecule has 68 heavy (non-hydrogen) atoms. The van der Waals surface area contributed by atoms with Gasteiger partial charge in [0.15, 0.2) is 12.4 Å². The monoisotopic (exact) mass is 979 g/mol. The molecule has 1 saturated heterocycles. The maximum atomic E-state index is 12.9. The van der Waals surface area contributed by atoms with Gasteiger partial charge in [-0.2, -0.15) is 8.42 Å². The molecule has 4 N–H and O–H groups in total. The quantitative estimate of drug-likeness (QED) is 0.0196. The van der Waals surface area contributed by atoms with Crippen LogP contribution in [0.5, 0.6) is 0 Å². The molecule has 13 heteroatoms. The first-order chi connectivity index (χ1) is 33.0. The van der Waals surface area contributed by atoms with Crippen molar-refractivity contribution < 1.29 is 56.8 Å². The molecule has 0 radical (unpaired) electrons. The SMILES string of the molecule is CC/C=C\C/C=C\C/C=C\C/C=C\CCCCCCCCCCCCC(=O)OC(COC(=O)CCCCCCCCC/C=C\C/C=C\CCCCC)COC1OC(CS(=O)(=O)O)C(O)C(O)C1O. The zero-order chi connectivity index (χ0) is 49.8. The van der Waals surface area contributed by atoms with E-state index in [-0.39, 0.29) is 19.4 Å². The molecular formula is C55H94O12S. The van der Waals surface area contributed by atoms with E-state index in [1.165, 1.54) is 70.6 Å². The highest BCUT2D eigenvalue weighted by atomic mass is 32.2. The van der Waals surface area contributed by atoms with Crippen LogP contribution in [-0.2, 0) is 38.7 Å². The molecule has 0 aromatic rings. The molecule has 0 aromatic carbocycles. The van der Waals surface area contributed by atoms with Crippen LogP contribution in [0.4, 0.5) is 0 Å². The van der Waals surface area contributed by atoms with E-state index >= 15 is 0 Å². The van der Waals surface area contributed by atoms with Gasteiger partial charge in [-0.15, -0.1) is 0 Å². The van der Waals surface area contributed by atoms with Crippen molar-refractivity contribution in [1.82, 2.24) is 0 Å². The molecule has 1 rings (SSSR count). The average molecular weight is 979 g/mol.